The molecule has 136 valence electrons. The fourth-order valence-electron chi connectivity index (χ4n) is 2.36. The molecule has 3 rings (SSSR count). The van der Waals surface area contributed by atoms with Crippen LogP contribution in [0.25, 0.3) is 6.08 Å². The van der Waals surface area contributed by atoms with Gasteiger partial charge in [0, 0.05) is 11.0 Å². The number of carbonyl (C=O) groups excluding carboxylic acids is 3. The smallest absolute Gasteiger partial charge is 0.273 e. The Balaban J connectivity index is 1.94. The first kappa shape index (κ1) is 18.3. The lowest BCUT2D eigenvalue weighted by Crippen LogP contribution is -2.51. The van der Waals surface area contributed by atoms with Crippen LogP contribution in [-0.4, -0.2) is 22.8 Å². The number of carbonyl (C=O) groups is 3. The lowest BCUT2D eigenvalue weighted by molar-refractivity contribution is -0.387. The van der Waals surface area contributed by atoms with Gasteiger partial charge in [-0.05, 0) is 36.8 Å². The van der Waals surface area contributed by atoms with Crippen molar-refractivity contribution in [2.24, 2.45) is 0 Å². The average molecular weight is 383 g/mol. The number of nitro benzene ring substituents is 1. The van der Waals surface area contributed by atoms with E-state index in [4.69, 9.17) is 0 Å². The van der Waals surface area contributed by atoms with Crippen LogP contribution in [0.2, 0.25) is 0 Å². The highest BCUT2D eigenvalue weighted by atomic mass is 32.2. The molecule has 0 atom stereocenters. The lowest BCUT2D eigenvalue weighted by atomic mass is 10.1. The third-order valence-corrected chi connectivity index (χ3v) is 4.76. The van der Waals surface area contributed by atoms with Crippen LogP contribution in [0.3, 0.4) is 0 Å². The Bertz CT molecular complexity index is 977. The van der Waals surface area contributed by atoms with E-state index in [2.05, 4.69) is 0 Å². The van der Waals surface area contributed by atoms with Gasteiger partial charge in [-0.15, -0.1) is 0 Å². The number of barbiturate groups is 1. The molecule has 4 amide bonds. The van der Waals surface area contributed by atoms with Gasteiger partial charge in [-0.1, -0.05) is 35.5 Å². The zero-order chi connectivity index (χ0) is 19.6. The number of rotatable bonds is 4. The molecule has 1 heterocycles. The second-order valence-electron chi connectivity index (χ2n) is 5.69. The van der Waals surface area contributed by atoms with E-state index in [1.165, 1.54) is 23.9 Å². The van der Waals surface area contributed by atoms with Crippen molar-refractivity contribution in [2.75, 3.05) is 0 Å². The van der Waals surface area contributed by atoms with Gasteiger partial charge in [-0.3, -0.25) is 30.3 Å². The fraction of sp³-hybridized carbons (Fsp3) is 0.0556. The first-order valence-electron chi connectivity index (χ1n) is 7.75. The summed E-state index contributed by atoms with van der Waals surface area (Å²) in [5.74, 6) is -1.71. The van der Waals surface area contributed by atoms with Crippen molar-refractivity contribution in [3.63, 3.8) is 0 Å². The molecule has 9 heteroatoms. The van der Waals surface area contributed by atoms with Crippen molar-refractivity contribution in [3.05, 3.63) is 69.3 Å². The third-order valence-electron chi connectivity index (χ3n) is 3.68. The van der Waals surface area contributed by atoms with Crippen LogP contribution in [0.15, 0.2) is 57.8 Å². The number of nitro groups is 1. The summed E-state index contributed by atoms with van der Waals surface area (Å²) in [6.07, 6.45) is 1.20. The molecule has 27 heavy (non-hydrogen) atoms. The van der Waals surface area contributed by atoms with E-state index in [0.29, 0.717) is 10.5 Å². The first-order valence-corrected chi connectivity index (χ1v) is 8.56. The van der Waals surface area contributed by atoms with E-state index < -0.39 is 22.8 Å². The fourth-order valence-corrected chi connectivity index (χ4v) is 3.26. The van der Waals surface area contributed by atoms with Gasteiger partial charge in [0.1, 0.15) is 5.57 Å². The number of hydrogen-bond donors (Lipinski definition) is 2. The molecule has 1 aliphatic heterocycles. The maximum absolute atomic E-state index is 11.8. The Morgan fingerprint density at radius 2 is 1.63 bits per heavy atom. The Morgan fingerprint density at radius 3 is 2.22 bits per heavy atom. The molecule has 2 aromatic carbocycles. The van der Waals surface area contributed by atoms with Crippen molar-refractivity contribution < 1.29 is 19.3 Å². The van der Waals surface area contributed by atoms with Gasteiger partial charge >= 0.3 is 6.03 Å². The van der Waals surface area contributed by atoms with Gasteiger partial charge in [0.25, 0.3) is 17.5 Å². The van der Waals surface area contributed by atoms with Crippen molar-refractivity contribution >= 4 is 41.4 Å². The van der Waals surface area contributed by atoms with Gasteiger partial charge in [0.15, 0.2) is 0 Å². The molecule has 0 spiro atoms. The lowest BCUT2D eigenvalue weighted by Gasteiger charge is -2.13. The van der Waals surface area contributed by atoms with Gasteiger partial charge in [0.05, 0.1) is 9.82 Å². The van der Waals surface area contributed by atoms with Crippen LogP contribution in [0.4, 0.5) is 10.5 Å². The molecule has 1 fully saturated rings. The standard InChI is InChI=1S/C18H13N3O5S/c1-10-2-5-12(6-3-10)27-15-7-4-11(9-14(15)21(25)26)8-13-16(22)19-18(24)20-17(13)23/h2-9H,1H3,(H2,19,20,22,23,24). The van der Waals surface area contributed by atoms with Crippen molar-refractivity contribution in [1.29, 1.82) is 0 Å². The van der Waals surface area contributed by atoms with E-state index in [0.717, 1.165) is 10.5 Å². The van der Waals surface area contributed by atoms with Crippen molar-refractivity contribution in [1.82, 2.24) is 10.6 Å². The van der Waals surface area contributed by atoms with Gasteiger partial charge in [-0.25, -0.2) is 4.79 Å². The molecule has 0 saturated carbocycles. The molecule has 8 nitrogen and oxygen atoms in total. The van der Waals surface area contributed by atoms with Crippen LogP contribution in [-0.2, 0) is 9.59 Å². The minimum absolute atomic E-state index is 0.150. The summed E-state index contributed by atoms with van der Waals surface area (Å²) in [5, 5.41) is 15.4. The van der Waals surface area contributed by atoms with Crippen molar-refractivity contribution in [3.8, 4) is 0 Å². The number of benzene rings is 2. The van der Waals surface area contributed by atoms with Crippen LogP contribution < -0.4 is 10.6 Å². The summed E-state index contributed by atoms with van der Waals surface area (Å²) >= 11 is 1.24. The summed E-state index contributed by atoms with van der Waals surface area (Å²) in [4.78, 5) is 46.8. The summed E-state index contributed by atoms with van der Waals surface area (Å²) in [6, 6.07) is 11.1. The third kappa shape index (κ3) is 4.21. The van der Waals surface area contributed by atoms with E-state index in [1.807, 2.05) is 41.8 Å². The second-order valence-corrected chi connectivity index (χ2v) is 6.81. The molecule has 0 bridgehead atoms. The molecular weight excluding hydrogens is 370 g/mol. The quantitative estimate of drug-likeness (QED) is 0.363. The predicted octanol–water partition coefficient (Wildman–Crippen LogP) is 2.80. The maximum Gasteiger partial charge on any atom is 0.328 e. The maximum atomic E-state index is 11.8. The Labute approximate surface area is 157 Å². The zero-order valence-corrected chi connectivity index (χ0v) is 14.8. The molecule has 1 saturated heterocycles. The van der Waals surface area contributed by atoms with E-state index >= 15 is 0 Å². The normalized spacial score (nSPS) is 13.8. The molecule has 1 aliphatic rings. The predicted molar refractivity (Wildman–Crippen MR) is 98.1 cm³/mol. The summed E-state index contributed by atoms with van der Waals surface area (Å²) < 4.78 is 0. The minimum Gasteiger partial charge on any atom is -0.273 e. The summed E-state index contributed by atoms with van der Waals surface area (Å²) in [6.45, 7) is 1.95. The summed E-state index contributed by atoms with van der Waals surface area (Å²) in [5.41, 5.74) is 0.924. The zero-order valence-electron chi connectivity index (χ0n) is 14.0. The van der Waals surface area contributed by atoms with Crippen molar-refractivity contribution in [2.45, 2.75) is 16.7 Å². The van der Waals surface area contributed by atoms with Gasteiger partial charge < -0.3 is 0 Å². The molecule has 0 unspecified atom stereocenters. The first-order chi connectivity index (χ1) is 12.8. The monoisotopic (exact) mass is 383 g/mol. The number of imide groups is 2. The van der Waals surface area contributed by atoms with E-state index in [1.54, 1.807) is 12.1 Å². The molecule has 0 radical (unpaired) electrons. The SMILES string of the molecule is Cc1ccc(Sc2ccc(C=C3C(=O)NC(=O)NC3=O)cc2[N+](=O)[O-])cc1. The average Bonchev–Trinajstić information content (AvgIpc) is 2.61. The van der Waals surface area contributed by atoms with Crippen LogP contribution in [0.1, 0.15) is 11.1 Å². The number of urea groups is 1. The van der Waals surface area contributed by atoms with E-state index in [-0.39, 0.29) is 11.3 Å². The van der Waals surface area contributed by atoms with Crippen LogP contribution in [0, 0.1) is 17.0 Å². The van der Waals surface area contributed by atoms with Crippen LogP contribution in [0.5, 0.6) is 0 Å². The highest BCUT2D eigenvalue weighted by Gasteiger charge is 2.28. The number of nitrogens with zero attached hydrogens (tertiary/aromatic N) is 1. The number of hydrogen-bond acceptors (Lipinski definition) is 6. The highest BCUT2D eigenvalue weighted by Crippen LogP contribution is 2.35. The highest BCUT2D eigenvalue weighted by molar-refractivity contribution is 7.99. The van der Waals surface area contributed by atoms with Gasteiger partial charge in [0.2, 0.25) is 0 Å². The Hall–Kier alpha value is -3.46. The minimum atomic E-state index is -0.905. The van der Waals surface area contributed by atoms with E-state index in [9.17, 15) is 24.5 Å². The number of aryl methyl sites for hydroxylation is 1. The number of amides is 4. The van der Waals surface area contributed by atoms with Gasteiger partial charge in [-0.2, -0.15) is 0 Å². The second kappa shape index (κ2) is 7.42. The number of nitrogens with one attached hydrogen (secondary N) is 2. The molecule has 2 N–H and O–H groups in total. The Kier molecular flexibility index (Phi) is 5.04. The summed E-state index contributed by atoms with van der Waals surface area (Å²) in [7, 11) is 0. The molecular formula is C18H13N3O5S. The molecule has 0 aromatic heterocycles. The van der Waals surface area contributed by atoms with Crippen LogP contribution >= 0.6 is 11.8 Å². The largest absolute Gasteiger partial charge is 0.328 e. The topological polar surface area (TPSA) is 118 Å². The molecule has 2 aromatic rings. The molecule has 0 aliphatic carbocycles. The Morgan fingerprint density at radius 1 is 1.00 bits per heavy atom.